The Hall–Kier alpha value is -8.64. The number of benzene rings is 18. The van der Waals surface area contributed by atoms with Crippen molar-refractivity contribution in [1.29, 1.82) is 0 Å². The number of aliphatic carboxylic acids is 1. The highest BCUT2D eigenvalue weighted by Crippen LogP contribution is 2.85. The van der Waals surface area contributed by atoms with Crippen LogP contribution in [0.15, 0.2) is 5.16 Å². The van der Waals surface area contributed by atoms with Gasteiger partial charge in [0.2, 0.25) is 5.60 Å². The summed E-state index contributed by atoms with van der Waals surface area (Å²) in [7, 11) is 0. The van der Waals surface area contributed by atoms with Gasteiger partial charge in [0.15, 0.2) is 0 Å². The number of unbranched alkanes of at least 4 members (excludes halogenated alkanes) is 1. The lowest BCUT2D eigenvalue weighted by Crippen LogP contribution is -2.53. The van der Waals surface area contributed by atoms with Crippen molar-refractivity contribution >= 4 is 303 Å². The molecule has 33 rings (SSSR count). The zero-order chi connectivity index (χ0) is 43.3. The molecule has 0 radical (unpaired) electrons. The van der Waals surface area contributed by atoms with E-state index in [1.807, 2.05) is 0 Å². The first-order valence-corrected chi connectivity index (χ1v) is 26.7. The second-order valence-electron chi connectivity index (χ2n) is 25.8. The Morgan fingerprint density at radius 2 is 0.556 bits per heavy atom. The Morgan fingerprint density at radius 1 is 0.333 bits per heavy atom. The minimum absolute atomic E-state index is 0.0108. The zero-order valence-electron chi connectivity index (χ0n) is 36.7. The van der Waals surface area contributed by atoms with Crippen molar-refractivity contribution in [2.45, 2.75) is 30.3 Å². The molecule has 5 heteroatoms. The quantitative estimate of drug-likeness (QED) is 0.124. The fraction of sp³-hybridized carbons (Fsp3) is 0.104. The lowest BCUT2D eigenvalue weighted by molar-refractivity contribution is -0.135. The van der Waals surface area contributed by atoms with Gasteiger partial charge in [-0.2, -0.15) is 0 Å². The molecule has 4 aliphatic carbocycles. The van der Waals surface area contributed by atoms with Crippen LogP contribution in [0.5, 0.6) is 0 Å². The summed E-state index contributed by atoms with van der Waals surface area (Å²) in [5, 5.41) is 104. The first-order valence-electron chi connectivity index (χ1n) is 26.7. The Labute approximate surface area is 391 Å². The van der Waals surface area contributed by atoms with Gasteiger partial charge >= 0.3 is 5.97 Å². The molecule has 0 unspecified atom stereocenters. The molecule has 2 spiro atoms. The standard InChI is InChI=1S/C67H12N2O3/c70-7(71)5-68-4-2-1-3-6-66-62-54-46-36-26-18-10-8-9-12-16-14(10)22-30-24(16)34-28-20(12)21-13(9)17-15-11(8)19(18)27-33-23(15)31-25(17)35-29(21)39-38(28)50-44(34)52-42(30)48(40(46)32(22)26)56(62)58(52)64-60(50)61-51(39)45(35)53-43(31)49-41(33)47(37(27)36)55(54)63(66)57(49)59(53)65(61)67(64,66)72-69-6/h68H,1-5H2,(H,70,71). The molecule has 1 aliphatic heterocycles. The summed E-state index contributed by atoms with van der Waals surface area (Å²) in [4.78, 5) is 19.7. The van der Waals surface area contributed by atoms with Gasteiger partial charge in [0.1, 0.15) is 5.41 Å². The van der Waals surface area contributed by atoms with Gasteiger partial charge in [0.25, 0.3) is 0 Å². The second-order valence-corrected chi connectivity index (χ2v) is 25.8. The van der Waals surface area contributed by atoms with Crippen LogP contribution in [0.25, 0.3) is 291 Å². The van der Waals surface area contributed by atoms with Gasteiger partial charge in [-0.1, -0.05) is 5.16 Å². The number of carbonyl (C=O) groups is 1. The topological polar surface area (TPSA) is 70.9 Å². The molecule has 0 saturated heterocycles. The van der Waals surface area contributed by atoms with E-state index in [0.29, 0.717) is 6.54 Å². The maximum Gasteiger partial charge on any atom is 0.317 e. The fourth-order valence-electron chi connectivity index (χ4n) is 25.0. The Balaban J connectivity index is 1.07. The van der Waals surface area contributed by atoms with Crippen LogP contribution >= 0.6 is 0 Å². The highest BCUT2D eigenvalue weighted by atomic mass is 16.7. The number of rotatable bonds is 7. The van der Waals surface area contributed by atoms with E-state index in [2.05, 4.69) is 5.32 Å². The van der Waals surface area contributed by atoms with E-state index in [1.54, 1.807) is 280 Å². The number of oxime groups is 1. The van der Waals surface area contributed by atoms with E-state index < -0.39 is 17.0 Å². The van der Waals surface area contributed by atoms with Gasteiger partial charge in [0.05, 0.1) is 12.3 Å². The number of carboxylic acid groups (broad SMARTS) is 1. The van der Waals surface area contributed by atoms with Crippen molar-refractivity contribution in [2.24, 2.45) is 5.16 Å². The number of nitrogens with zero attached hydrogens (tertiary/aromatic N) is 1. The van der Waals surface area contributed by atoms with Crippen LogP contribution in [0.2, 0.25) is 0 Å². The molecule has 0 aromatic heterocycles. The molecule has 5 aliphatic rings. The molecule has 5 nitrogen and oxygen atoms in total. The maximum absolute atomic E-state index is 11.6. The predicted octanol–water partition coefficient (Wildman–Crippen LogP) is 16.5. The van der Waals surface area contributed by atoms with E-state index in [1.165, 1.54) is 38.4 Å². The Morgan fingerprint density at radius 3 is 0.792 bits per heavy atom. The first kappa shape index (κ1) is 27.7. The van der Waals surface area contributed by atoms with Crippen LogP contribution in [0, 0.1) is 0 Å². The van der Waals surface area contributed by atoms with E-state index >= 15 is 0 Å². The minimum Gasteiger partial charge on any atom is -0.480 e. The summed E-state index contributed by atoms with van der Waals surface area (Å²) in [6.07, 6.45) is 2.61. The van der Waals surface area contributed by atoms with Crippen LogP contribution in [0.3, 0.4) is 0 Å². The summed E-state index contributed by atoms with van der Waals surface area (Å²) in [6, 6.07) is 0. The van der Waals surface area contributed by atoms with E-state index in [0.717, 1.165) is 19.3 Å². The molecule has 28 aromatic carbocycles. The van der Waals surface area contributed by atoms with Crippen LogP contribution in [0.4, 0.5) is 0 Å². The van der Waals surface area contributed by atoms with Gasteiger partial charge in [-0.15, -0.1) is 0 Å². The summed E-state index contributed by atoms with van der Waals surface area (Å²) in [5.74, 6) is -0.801. The third-order valence-corrected chi connectivity index (χ3v) is 25.3. The highest BCUT2D eigenvalue weighted by Gasteiger charge is 2.76. The van der Waals surface area contributed by atoms with Crippen LogP contribution in [0.1, 0.15) is 41.5 Å². The summed E-state index contributed by atoms with van der Waals surface area (Å²) in [5.41, 5.74) is 5.80. The molecule has 72 heavy (non-hydrogen) atoms. The smallest absolute Gasteiger partial charge is 0.317 e. The van der Waals surface area contributed by atoms with Gasteiger partial charge < -0.3 is 15.3 Å². The zero-order valence-corrected chi connectivity index (χ0v) is 36.7. The van der Waals surface area contributed by atoms with Crippen molar-refractivity contribution < 1.29 is 14.7 Å². The molecular weight excluding hydrogens is 881 g/mol. The molecule has 28 aromatic rings. The molecular formula is C67H12N2O3. The van der Waals surface area contributed by atoms with Crippen molar-refractivity contribution in [3.63, 3.8) is 0 Å². The number of nitrogens with one attached hydrogen (secondary N) is 1. The average Bonchev–Trinajstić information content (AvgIpc) is 4.25. The Kier molecular flexibility index (Phi) is 2.46. The first-order chi connectivity index (χ1) is 35.8. The SMILES string of the molecule is O=C(O)CNCCCCC1=NOC23c4c5c6c7c8c9c(c%10c%11c2c2c4c4c%12c5c5c6c6c8c8c%13c9c9c%10c%10c%11c%11c2c2c4c4c%12c%12c5c5c6c8c6c8c%13c9c9c%10c%10c%11c2c2c4c4c%12c5c6c5c8c9c%10c2c45)C173. The van der Waals surface area contributed by atoms with Crippen LogP contribution in [-0.2, 0) is 20.6 Å². The minimum atomic E-state index is -0.838. The molecule has 1 heterocycles. The monoisotopic (exact) mass is 892 g/mol. The largest absolute Gasteiger partial charge is 0.480 e. The summed E-state index contributed by atoms with van der Waals surface area (Å²) < 4.78 is 0. The molecule has 0 amide bonds. The highest BCUT2D eigenvalue weighted by molar-refractivity contribution is 6.82. The summed E-state index contributed by atoms with van der Waals surface area (Å²) >= 11 is 0. The van der Waals surface area contributed by atoms with E-state index in [9.17, 15) is 9.90 Å². The van der Waals surface area contributed by atoms with Gasteiger partial charge in [-0.3, -0.25) is 4.79 Å². The lowest BCUT2D eigenvalue weighted by atomic mass is 9.52. The molecule has 0 saturated carbocycles. The van der Waals surface area contributed by atoms with Crippen LogP contribution < -0.4 is 5.32 Å². The van der Waals surface area contributed by atoms with Crippen molar-refractivity contribution in [3.8, 4) is 0 Å². The fourth-order valence-corrected chi connectivity index (χ4v) is 25.0. The van der Waals surface area contributed by atoms with Crippen LogP contribution in [-0.4, -0.2) is 29.9 Å². The summed E-state index contributed by atoms with van der Waals surface area (Å²) in [6.45, 7) is 0.660. The van der Waals surface area contributed by atoms with Crippen molar-refractivity contribution in [2.75, 3.05) is 13.1 Å². The van der Waals surface area contributed by atoms with E-state index in [-0.39, 0.29) is 6.54 Å². The number of hydrogen-bond donors (Lipinski definition) is 2. The van der Waals surface area contributed by atoms with Gasteiger partial charge in [-0.05, 0) is 328 Å². The third-order valence-electron chi connectivity index (χ3n) is 25.3. The normalized spacial score (nSPS) is 22.1. The molecule has 0 atom stereocenters. The van der Waals surface area contributed by atoms with E-state index in [4.69, 9.17) is 9.99 Å². The predicted molar refractivity (Wildman–Crippen MR) is 297 cm³/mol. The molecule has 2 N–H and O–H groups in total. The average molecular weight is 893 g/mol. The third kappa shape index (κ3) is 1.51. The second kappa shape index (κ2) is 6.41. The number of hydrogen-bond acceptors (Lipinski definition) is 4. The van der Waals surface area contributed by atoms with Gasteiger partial charge in [-0.25, -0.2) is 0 Å². The molecule has 0 bridgehead atoms. The maximum atomic E-state index is 11.6. The molecule has 0 fully saturated rings. The Bertz CT molecular complexity index is 7110. The lowest BCUT2D eigenvalue weighted by Gasteiger charge is -2.47. The number of carboxylic acids is 1. The van der Waals surface area contributed by atoms with Crippen molar-refractivity contribution in [1.82, 2.24) is 5.32 Å². The van der Waals surface area contributed by atoms with Gasteiger partial charge in [0, 0.05) is 11.1 Å². The van der Waals surface area contributed by atoms with Crippen molar-refractivity contribution in [3.05, 3.63) is 22.3 Å². The molecule has 308 valence electrons.